The molecular formula is C13H23N3. The average Bonchev–Trinajstić information content (AvgIpc) is 2.76. The molecule has 1 unspecified atom stereocenters. The summed E-state index contributed by atoms with van der Waals surface area (Å²) in [5.41, 5.74) is 4.07. The van der Waals surface area contributed by atoms with E-state index in [9.17, 15) is 0 Å². The van der Waals surface area contributed by atoms with Crippen LogP contribution in [0.25, 0.3) is 0 Å². The van der Waals surface area contributed by atoms with Crippen LogP contribution in [0.1, 0.15) is 49.7 Å². The number of aryl methyl sites for hydroxylation is 1. The third-order valence-corrected chi connectivity index (χ3v) is 3.43. The lowest BCUT2D eigenvalue weighted by atomic mass is 10.0. The summed E-state index contributed by atoms with van der Waals surface area (Å²) in [5.74, 6) is 0.679. The van der Waals surface area contributed by atoms with Crippen molar-refractivity contribution in [2.45, 2.75) is 46.1 Å². The molecule has 1 saturated heterocycles. The van der Waals surface area contributed by atoms with Crippen LogP contribution in [0.2, 0.25) is 0 Å². The van der Waals surface area contributed by atoms with Crippen molar-refractivity contribution in [3.63, 3.8) is 0 Å². The van der Waals surface area contributed by atoms with Crippen molar-refractivity contribution in [3.8, 4) is 0 Å². The van der Waals surface area contributed by atoms with Gasteiger partial charge in [-0.3, -0.25) is 4.68 Å². The topological polar surface area (TPSA) is 29.9 Å². The van der Waals surface area contributed by atoms with E-state index in [2.05, 4.69) is 42.9 Å². The summed E-state index contributed by atoms with van der Waals surface area (Å²) in [7, 11) is 2.08. The van der Waals surface area contributed by atoms with Gasteiger partial charge in [-0.15, -0.1) is 0 Å². The number of aromatic nitrogens is 2. The predicted molar refractivity (Wildman–Crippen MR) is 66.5 cm³/mol. The van der Waals surface area contributed by atoms with Crippen molar-refractivity contribution < 1.29 is 0 Å². The Morgan fingerprint density at radius 2 is 2.25 bits per heavy atom. The van der Waals surface area contributed by atoms with E-state index in [1.165, 1.54) is 29.8 Å². The molecule has 1 aromatic heterocycles. The summed E-state index contributed by atoms with van der Waals surface area (Å²) in [6, 6.07) is 0.526. The lowest BCUT2D eigenvalue weighted by Gasteiger charge is -2.12. The molecule has 1 atom stereocenters. The summed E-state index contributed by atoms with van der Waals surface area (Å²) in [4.78, 5) is 0. The molecule has 2 heterocycles. The fraction of sp³-hybridized carbons (Fsp3) is 0.769. The Bertz CT molecular complexity index is 359. The van der Waals surface area contributed by atoms with Crippen molar-refractivity contribution in [2.24, 2.45) is 13.0 Å². The molecule has 0 aliphatic carbocycles. The van der Waals surface area contributed by atoms with Gasteiger partial charge in [0.2, 0.25) is 0 Å². The number of hydrogen-bond donors (Lipinski definition) is 1. The number of hydrogen-bond acceptors (Lipinski definition) is 2. The van der Waals surface area contributed by atoms with Gasteiger partial charge in [0, 0.05) is 13.1 Å². The van der Waals surface area contributed by atoms with Crippen molar-refractivity contribution in [1.82, 2.24) is 15.1 Å². The van der Waals surface area contributed by atoms with Crippen LogP contribution in [0, 0.1) is 12.8 Å². The zero-order valence-corrected chi connectivity index (χ0v) is 10.9. The van der Waals surface area contributed by atoms with Crippen LogP contribution in [0.3, 0.4) is 0 Å². The average molecular weight is 221 g/mol. The zero-order chi connectivity index (χ0) is 11.7. The summed E-state index contributed by atoms with van der Waals surface area (Å²) >= 11 is 0. The third-order valence-electron chi connectivity index (χ3n) is 3.43. The van der Waals surface area contributed by atoms with E-state index in [0.29, 0.717) is 12.0 Å². The van der Waals surface area contributed by atoms with Crippen molar-refractivity contribution in [1.29, 1.82) is 0 Å². The Kier molecular flexibility index (Phi) is 3.33. The van der Waals surface area contributed by atoms with Crippen LogP contribution < -0.4 is 5.32 Å². The standard InChI is InChI=1S/C13H23N3/c1-9(2)8-12-10(3)13(16(4)15-12)11-6-5-7-14-11/h9,11,14H,5-8H2,1-4H3. The fourth-order valence-corrected chi connectivity index (χ4v) is 2.69. The largest absolute Gasteiger partial charge is 0.309 e. The first-order valence-electron chi connectivity index (χ1n) is 6.35. The van der Waals surface area contributed by atoms with E-state index in [0.717, 1.165) is 13.0 Å². The Morgan fingerprint density at radius 1 is 1.50 bits per heavy atom. The highest BCUT2D eigenvalue weighted by molar-refractivity contribution is 5.28. The Labute approximate surface area is 98.2 Å². The molecule has 0 spiro atoms. The minimum Gasteiger partial charge on any atom is -0.309 e. The van der Waals surface area contributed by atoms with Gasteiger partial charge in [-0.05, 0) is 44.2 Å². The molecule has 2 rings (SSSR count). The van der Waals surface area contributed by atoms with Gasteiger partial charge in [0.25, 0.3) is 0 Å². The van der Waals surface area contributed by atoms with Crippen LogP contribution >= 0.6 is 0 Å². The van der Waals surface area contributed by atoms with Crippen LogP contribution in [-0.4, -0.2) is 16.3 Å². The Morgan fingerprint density at radius 3 is 2.81 bits per heavy atom. The molecule has 0 bridgehead atoms. The molecular weight excluding hydrogens is 198 g/mol. The van der Waals surface area contributed by atoms with Crippen LogP contribution in [-0.2, 0) is 13.5 Å². The molecule has 1 N–H and O–H groups in total. The first-order valence-corrected chi connectivity index (χ1v) is 6.35. The van der Waals surface area contributed by atoms with E-state index in [4.69, 9.17) is 0 Å². The minimum absolute atomic E-state index is 0.526. The second-order valence-electron chi connectivity index (χ2n) is 5.33. The van der Waals surface area contributed by atoms with Gasteiger partial charge < -0.3 is 5.32 Å². The molecule has 1 aliphatic heterocycles. The van der Waals surface area contributed by atoms with E-state index in [1.54, 1.807) is 0 Å². The first-order chi connectivity index (χ1) is 7.59. The lowest BCUT2D eigenvalue weighted by Crippen LogP contribution is -2.17. The molecule has 90 valence electrons. The molecule has 0 saturated carbocycles. The number of nitrogens with zero attached hydrogens (tertiary/aromatic N) is 2. The van der Waals surface area contributed by atoms with E-state index >= 15 is 0 Å². The third kappa shape index (κ3) is 2.14. The second-order valence-corrected chi connectivity index (χ2v) is 5.33. The molecule has 0 aromatic carbocycles. The Hall–Kier alpha value is -0.830. The van der Waals surface area contributed by atoms with Crippen molar-refractivity contribution in [3.05, 3.63) is 17.0 Å². The quantitative estimate of drug-likeness (QED) is 0.849. The van der Waals surface area contributed by atoms with Gasteiger partial charge in [0.15, 0.2) is 0 Å². The van der Waals surface area contributed by atoms with E-state index < -0.39 is 0 Å². The molecule has 3 heteroatoms. The van der Waals surface area contributed by atoms with Crippen LogP contribution in [0.15, 0.2) is 0 Å². The molecule has 1 aromatic rings. The zero-order valence-electron chi connectivity index (χ0n) is 10.9. The summed E-state index contributed by atoms with van der Waals surface area (Å²) < 4.78 is 2.08. The Balaban J connectivity index is 2.27. The lowest BCUT2D eigenvalue weighted by molar-refractivity contribution is 0.567. The molecule has 3 nitrogen and oxygen atoms in total. The second kappa shape index (κ2) is 4.58. The minimum atomic E-state index is 0.526. The summed E-state index contributed by atoms with van der Waals surface area (Å²) in [6.07, 6.45) is 3.63. The fourth-order valence-electron chi connectivity index (χ4n) is 2.69. The maximum atomic E-state index is 4.67. The molecule has 16 heavy (non-hydrogen) atoms. The summed E-state index contributed by atoms with van der Waals surface area (Å²) in [6.45, 7) is 7.87. The maximum absolute atomic E-state index is 4.67. The van der Waals surface area contributed by atoms with Crippen LogP contribution in [0.4, 0.5) is 0 Å². The van der Waals surface area contributed by atoms with Gasteiger partial charge >= 0.3 is 0 Å². The molecule has 0 radical (unpaired) electrons. The van der Waals surface area contributed by atoms with E-state index in [1.807, 2.05) is 0 Å². The van der Waals surface area contributed by atoms with Crippen molar-refractivity contribution >= 4 is 0 Å². The SMILES string of the molecule is Cc1c(CC(C)C)nn(C)c1C1CCCN1. The van der Waals surface area contributed by atoms with Gasteiger partial charge in [0.1, 0.15) is 0 Å². The molecule has 0 amide bonds. The molecule has 1 fully saturated rings. The summed E-state index contributed by atoms with van der Waals surface area (Å²) in [5, 5.41) is 8.23. The smallest absolute Gasteiger partial charge is 0.0659 e. The highest BCUT2D eigenvalue weighted by Gasteiger charge is 2.23. The van der Waals surface area contributed by atoms with Gasteiger partial charge in [-0.25, -0.2) is 0 Å². The predicted octanol–water partition coefficient (Wildman–Crippen LogP) is 2.35. The number of nitrogens with one attached hydrogen (secondary N) is 1. The maximum Gasteiger partial charge on any atom is 0.0659 e. The first kappa shape index (κ1) is 11.6. The van der Waals surface area contributed by atoms with E-state index in [-0.39, 0.29) is 0 Å². The van der Waals surface area contributed by atoms with Gasteiger partial charge in [-0.1, -0.05) is 13.8 Å². The van der Waals surface area contributed by atoms with Crippen LogP contribution in [0.5, 0.6) is 0 Å². The number of rotatable bonds is 3. The highest BCUT2D eigenvalue weighted by Crippen LogP contribution is 2.27. The normalized spacial score (nSPS) is 20.9. The molecule has 1 aliphatic rings. The highest BCUT2D eigenvalue weighted by atomic mass is 15.3. The van der Waals surface area contributed by atoms with Gasteiger partial charge in [0.05, 0.1) is 11.4 Å². The monoisotopic (exact) mass is 221 g/mol. The van der Waals surface area contributed by atoms with Gasteiger partial charge in [-0.2, -0.15) is 5.10 Å². The van der Waals surface area contributed by atoms with Crippen molar-refractivity contribution in [2.75, 3.05) is 6.54 Å².